The highest BCUT2D eigenvalue weighted by Gasteiger charge is 2.40. The first-order chi connectivity index (χ1) is 39.9. The van der Waals surface area contributed by atoms with E-state index in [2.05, 4.69) is 16.0 Å². The lowest BCUT2D eigenvalue weighted by atomic mass is 9.95. The third kappa shape index (κ3) is 18.3. The van der Waals surface area contributed by atoms with Gasteiger partial charge in [-0.3, -0.25) is 57.7 Å². The zero-order valence-corrected chi connectivity index (χ0v) is 49.1. The third-order valence-corrected chi connectivity index (χ3v) is 15.5. The minimum absolute atomic E-state index is 0.0294. The molecule has 2 saturated heterocycles. The molecule has 4 amide bonds. The fourth-order valence-corrected chi connectivity index (χ4v) is 11.4. The van der Waals surface area contributed by atoms with Crippen molar-refractivity contribution in [2.45, 2.75) is 57.7 Å². The molecule has 456 valence electrons. The van der Waals surface area contributed by atoms with Crippen LogP contribution in [0.4, 0.5) is 5.69 Å². The Balaban J connectivity index is 0.960. The number of hydrogen-bond donors (Lipinski definition) is 7. The number of nitrogens with one attached hydrogen (secondary N) is 3. The topological polar surface area (TPSA) is 332 Å². The monoisotopic (exact) mass is 1230 g/mol. The molecule has 2 fully saturated rings. The number of carbonyl (C=O) groups is 7. The Hall–Kier alpha value is -6.95. The Morgan fingerprint density at radius 3 is 1.90 bits per heavy atom. The normalized spacial score (nSPS) is 16.8. The lowest BCUT2D eigenvalue weighted by Gasteiger charge is -2.41. The average molecular weight is 1230 g/mol. The summed E-state index contributed by atoms with van der Waals surface area (Å²) in [5.41, 5.74) is 3.68. The number of hydrogen-bond acceptors (Lipinski definition) is 17. The molecule has 0 aliphatic carbocycles. The molecular weight excluding hydrogens is 1160 g/mol. The van der Waals surface area contributed by atoms with Crippen molar-refractivity contribution >= 4 is 80.5 Å². The number of morpholine rings is 1. The van der Waals surface area contributed by atoms with E-state index < -0.39 is 63.7 Å². The van der Waals surface area contributed by atoms with Crippen LogP contribution in [-0.4, -0.2) is 233 Å². The van der Waals surface area contributed by atoms with E-state index in [1.54, 1.807) is 71.6 Å². The van der Waals surface area contributed by atoms with Gasteiger partial charge in [0.2, 0.25) is 17.7 Å². The molecule has 3 aliphatic heterocycles. The zero-order valence-electron chi connectivity index (χ0n) is 46.8. The van der Waals surface area contributed by atoms with Gasteiger partial charge in [0, 0.05) is 110 Å². The van der Waals surface area contributed by atoms with Crippen LogP contribution in [0.15, 0.2) is 54.6 Å². The number of rotatable bonds is 23. The number of methoxy groups -OCH3 is 1. The molecule has 26 nitrogen and oxygen atoms in total. The Morgan fingerprint density at radius 1 is 0.750 bits per heavy atom. The molecule has 0 bridgehead atoms. The Bertz CT molecular complexity index is 3150. The number of fused-ring (bicyclic) bond motifs is 3. The first-order valence-corrected chi connectivity index (χ1v) is 29.5. The Labute approximate surface area is 495 Å². The minimum Gasteiger partial charge on any atom is -0.496 e. The molecule has 0 radical (unpaired) electrons. The van der Waals surface area contributed by atoms with E-state index in [9.17, 15) is 61.9 Å². The van der Waals surface area contributed by atoms with Crippen molar-refractivity contribution in [2.24, 2.45) is 0 Å². The van der Waals surface area contributed by atoms with Gasteiger partial charge in [-0.05, 0) is 68.7 Å². The highest BCUT2D eigenvalue weighted by Crippen LogP contribution is 2.47. The van der Waals surface area contributed by atoms with Crippen molar-refractivity contribution in [2.75, 3.05) is 123 Å². The number of nitrogens with zero attached hydrogens (tertiary/aromatic N) is 7. The molecule has 1 atom stereocenters. The van der Waals surface area contributed by atoms with Crippen molar-refractivity contribution in [3.63, 3.8) is 0 Å². The van der Waals surface area contributed by atoms with E-state index in [4.69, 9.17) is 42.5 Å². The van der Waals surface area contributed by atoms with E-state index >= 15 is 0 Å². The molecule has 0 spiro atoms. The molecule has 7 rings (SSSR count). The van der Waals surface area contributed by atoms with Crippen LogP contribution in [-0.2, 0) is 50.2 Å². The van der Waals surface area contributed by atoms with Crippen LogP contribution in [0.25, 0.3) is 28.1 Å². The maximum Gasteiger partial charge on any atom is 0.317 e. The van der Waals surface area contributed by atoms with Gasteiger partial charge in [-0.2, -0.15) is 13.5 Å². The molecule has 0 unspecified atom stereocenters. The molecular formula is C55H70Cl2N10O16S. The fraction of sp³-hybridized carbons (Fsp3) is 0.491. The Kier molecular flexibility index (Phi) is 22.5. The summed E-state index contributed by atoms with van der Waals surface area (Å²) in [4.78, 5) is 97.5. The Morgan fingerprint density at radius 2 is 1.35 bits per heavy atom. The quantitative estimate of drug-likeness (QED) is 0.0414. The number of aliphatic carboxylic acids is 3. The highest BCUT2D eigenvalue weighted by molar-refractivity contribution is 7.85. The molecule has 4 aromatic rings. The SMILES string of the molecule is COc1cc2c(cc1-c1cccc(NC(=O)CCCCCNC(=O)[C@H](CS(=O)(=O)O)NC(=O)CN3CCN(CC(=O)O)CCN(CC(=O)O)CCN(CC(=O)O)CC3)c1)-c1c(c(C(=O)N3CCOCC3(C)C)nn1-c1cc(Cl)cc(Cl)c1)CO2. The van der Waals surface area contributed by atoms with E-state index in [1.165, 1.54) is 7.11 Å². The van der Waals surface area contributed by atoms with Crippen molar-refractivity contribution < 1.29 is 76.1 Å². The summed E-state index contributed by atoms with van der Waals surface area (Å²) in [6.45, 7) is 4.48. The lowest BCUT2D eigenvalue weighted by molar-refractivity contribution is -0.140. The average Bonchev–Trinajstić information content (AvgIpc) is 3.79. The number of halogens is 2. The summed E-state index contributed by atoms with van der Waals surface area (Å²) in [6, 6.07) is 14.1. The second-order valence-electron chi connectivity index (χ2n) is 21.3. The first-order valence-electron chi connectivity index (χ1n) is 27.2. The number of carboxylic acids is 3. The van der Waals surface area contributed by atoms with Crippen molar-refractivity contribution in [3.05, 3.63) is 75.9 Å². The van der Waals surface area contributed by atoms with Crippen molar-refractivity contribution in [1.29, 1.82) is 0 Å². The van der Waals surface area contributed by atoms with Gasteiger partial charge in [0.25, 0.3) is 16.0 Å². The van der Waals surface area contributed by atoms with Gasteiger partial charge >= 0.3 is 17.9 Å². The number of amides is 4. The van der Waals surface area contributed by atoms with Gasteiger partial charge in [-0.25, -0.2) is 4.68 Å². The summed E-state index contributed by atoms with van der Waals surface area (Å²) < 4.78 is 53.3. The molecule has 1 aromatic heterocycles. The van der Waals surface area contributed by atoms with Crippen LogP contribution in [0.3, 0.4) is 0 Å². The maximum absolute atomic E-state index is 14.4. The van der Waals surface area contributed by atoms with Crippen LogP contribution < -0.4 is 25.4 Å². The molecule has 3 aliphatic rings. The number of aromatic nitrogens is 2. The van der Waals surface area contributed by atoms with Crippen molar-refractivity contribution in [3.8, 4) is 39.6 Å². The van der Waals surface area contributed by atoms with Gasteiger partial charge in [-0.15, -0.1) is 0 Å². The fourth-order valence-electron chi connectivity index (χ4n) is 10.2. The van der Waals surface area contributed by atoms with Crippen molar-refractivity contribution in [1.82, 2.24) is 44.9 Å². The number of unbranched alkanes of at least 4 members (excludes halogenated alkanes) is 2. The van der Waals surface area contributed by atoms with E-state index in [0.717, 1.165) is 0 Å². The van der Waals surface area contributed by atoms with Crippen LogP contribution >= 0.6 is 23.2 Å². The molecule has 4 heterocycles. The van der Waals surface area contributed by atoms with Crippen LogP contribution in [0.2, 0.25) is 10.0 Å². The standard InChI is InChI=1S/C55H70Cl2N10O16S/c1-55(2)34-82-21-20-66(55)54(77)51-42-32-83-45-27-44(81-3)40(26-41(45)52(42)67(61-51)39-24-36(56)23-37(57)25-39)35-8-7-9-38(22-35)59-46(68)10-5-4-6-11-58-53(76)43(33-84(78,79)80)60-47(69)28-62-12-14-63(29-48(70)71)16-18-65(31-50(74)75)19-17-64(15-13-62)30-49(72)73/h7-9,22-27,43H,4-6,10-21,28-34H2,1-3H3,(H,58,76)(H,59,68)(H,60,69)(H,70,71)(H,72,73)(H,74,75)(H,78,79,80)/t43-/m0/s1. The number of ether oxygens (including phenoxy) is 3. The van der Waals surface area contributed by atoms with E-state index in [0.29, 0.717) is 99.9 Å². The van der Waals surface area contributed by atoms with Gasteiger partial charge < -0.3 is 50.4 Å². The molecule has 3 aromatic carbocycles. The number of carboxylic acid groups (broad SMARTS) is 3. The van der Waals surface area contributed by atoms with Gasteiger partial charge in [-0.1, -0.05) is 41.8 Å². The second kappa shape index (κ2) is 29.2. The minimum atomic E-state index is -4.79. The molecule has 84 heavy (non-hydrogen) atoms. The smallest absolute Gasteiger partial charge is 0.317 e. The summed E-state index contributed by atoms with van der Waals surface area (Å²) in [5, 5.41) is 42.1. The van der Waals surface area contributed by atoms with Gasteiger partial charge in [0.15, 0.2) is 5.69 Å². The predicted octanol–water partition coefficient (Wildman–Crippen LogP) is 3.13. The summed E-state index contributed by atoms with van der Waals surface area (Å²) >= 11 is 13.0. The molecule has 29 heteroatoms. The van der Waals surface area contributed by atoms with Crippen LogP contribution in [0, 0.1) is 0 Å². The molecule has 7 N–H and O–H groups in total. The van der Waals surface area contributed by atoms with Crippen LogP contribution in [0.5, 0.6) is 11.5 Å². The summed E-state index contributed by atoms with van der Waals surface area (Å²) in [5.74, 6) is -5.86. The summed E-state index contributed by atoms with van der Waals surface area (Å²) in [6.07, 6.45) is 1.32. The molecule has 0 saturated carbocycles. The van der Waals surface area contributed by atoms with Gasteiger partial charge in [0.05, 0.1) is 63.4 Å². The van der Waals surface area contributed by atoms with E-state index in [1.807, 2.05) is 26.0 Å². The number of anilines is 1. The largest absolute Gasteiger partial charge is 0.496 e. The number of carbonyl (C=O) groups excluding carboxylic acids is 4. The number of benzene rings is 3. The maximum atomic E-state index is 14.4. The first kappa shape index (κ1) is 64.6. The lowest BCUT2D eigenvalue weighted by Crippen LogP contribution is -2.55. The highest BCUT2D eigenvalue weighted by atomic mass is 35.5. The van der Waals surface area contributed by atoms with Gasteiger partial charge in [0.1, 0.15) is 29.9 Å². The predicted molar refractivity (Wildman–Crippen MR) is 308 cm³/mol. The second-order valence-corrected chi connectivity index (χ2v) is 23.6. The third-order valence-electron chi connectivity index (χ3n) is 14.3. The summed E-state index contributed by atoms with van der Waals surface area (Å²) in [7, 11) is -3.26. The van der Waals surface area contributed by atoms with Crippen LogP contribution in [0.1, 0.15) is 55.6 Å². The zero-order chi connectivity index (χ0) is 60.9. The van der Waals surface area contributed by atoms with E-state index in [-0.39, 0.29) is 109 Å².